The molecule has 17 heavy (non-hydrogen) atoms. The lowest BCUT2D eigenvalue weighted by Crippen LogP contribution is -1.99. The molecule has 0 radical (unpaired) electrons. The zero-order valence-corrected chi connectivity index (χ0v) is 10.0. The van der Waals surface area contributed by atoms with Gasteiger partial charge in [0.15, 0.2) is 0 Å². The Morgan fingerprint density at radius 1 is 0.941 bits per heavy atom. The van der Waals surface area contributed by atoms with Gasteiger partial charge in [-0.2, -0.15) is 0 Å². The van der Waals surface area contributed by atoms with Gasteiger partial charge in [0.05, 0.1) is 0 Å². The molecule has 0 aliphatic carbocycles. The third-order valence-corrected chi connectivity index (χ3v) is 2.77. The first kappa shape index (κ1) is 11.5. The van der Waals surface area contributed by atoms with Crippen LogP contribution in [0, 0.1) is 0 Å². The number of anilines is 1. The van der Waals surface area contributed by atoms with Gasteiger partial charge in [-0.1, -0.05) is 31.2 Å². The molecule has 2 nitrogen and oxygen atoms in total. The van der Waals surface area contributed by atoms with E-state index in [1.54, 1.807) is 0 Å². The molecule has 0 saturated carbocycles. The smallest absolute Gasteiger partial charge is 0.119 e. The first-order valence-corrected chi connectivity index (χ1v) is 5.84. The van der Waals surface area contributed by atoms with Crippen molar-refractivity contribution in [1.82, 2.24) is 0 Å². The lowest BCUT2D eigenvalue weighted by molar-refractivity contribution is 0.305. The second-order valence-corrected chi connectivity index (χ2v) is 3.98. The summed E-state index contributed by atoms with van der Waals surface area (Å²) >= 11 is 0. The summed E-state index contributed by atoms with van der Waals surface area (Å²) < 4.78 is 5.73. The predicted molar refractivity (Wildman–Crippen MR) is 71.0 cm³/mol. The van der Waals surface area contributed by atoms with Gasteiger partial charge in [-0.15, -0.1) is 0 Å². The molecule has 2 aromatic rings. The van der Waals surface area contributed by atoms with Crippen LogP contribution >= 0.6 is 0 Å². The minimum absolute atomic E-state index is 0.605. The molecular formula is C15H17NO. The molecule has 0 spiro atoms. The van der Waals surface area contributed by atoms with Crippen LogP contribution in [0.3, 0.4) is 0 Å². The summed E-state index contributed by atoms with van der Waals surface area (Å²) in [6.45, 7) is 2.76. The van der Waals surface area contributed by atoms with E-state index in [1.165, 1.54) is 11.1 Å². The molecule has 0 unspecified atom stereocenters. The summed E-state index contributed by atoms with van der Waals surface area (Å²) in [4.78, 5) is 0. The highest BCUT2D eigenvalue weighted by molar-refractivity contribution is 5.41. The monoisotopic (exact) mass is 227 g/mol. The predicted octanol–water partition coefficient (Wildman–Crippen LogP) is 3.41. The van der Waals surface area contributed by atoms with Crippen molar-refractivity contribution in [1.29, 1.82) is 0 Å². The second-order valence-electron chi connectivity index (χ2n) is 3.98. The minimum atomic E-state index is 0.605. The van der Waals surface area contributed by atoms with Crippen molar-refractivity contribution in [3.63, 3.8) is 0 Å². The van der Waals surface area contributed by atoms with Gasteiger partial charge in [0.1, 0.15) is 12.4 Å². The molecule has 0 aromatic heterocycles. The van der Waals surface area contributed by atoms with E-state index in [4.69, 9.17) is 10.5 Å². The van der Waals surface area contributed by atoms with Crippen molar-refractivity contribution < 1.29 is 4.74 Å². The van der Waals surface area contributed by atoms with Crippen molar-refractivity contribution in [3.8, 4) is 5.75 Å². The Labute approximate surface area is 102 Å². The van der Waals surface area contributed by atoms with Gasteiger partial charge in [0.25, 0.3) is 0 Å². The molecule has 0 amide bonds. The summed E-state index contributed by atoms with van der Waals surface area (Å²) in [5.41, 5.74) is 8.96. The Bertz CT molecular complexity index is 477. The third-order valence-electron chi connectivity index (χ3n) is 2.77. The Hall–Kier alpha value is -1.96. The Morgan fingerprint density at radius 3 is 2.24 bits per heavy atom. The number of hydrogen-bond donors (Lipinski definition) is 1. The molecule has 88 valence electrons. The lowest BCUT2D eigenvalue weighted by atomic mass is 10.1. The standard InChI is InChI=1S/C15H17NO/c1-2-12-5-3-4-6-13(12)11-17-15-9-7-14(16)8-10-15/h3-10H,2,11,16H2,1H3. The minimum Gasteiger partial charge on any atom is -0.489 e. The number of aryl methyl sites for hydroxylation is 1. The zero-order chi connectivity index (χ0) is 12.1. The van der Waals surface area contributed by atoms with E-state index < -0.39 is 0 Å². The Balaban J connectivity index is 2.04. The molecule has 0 aliphatic heterocycles. The van der Waals surface area contributed by atoms with E-state index in [0.717, 1.165) is 17.9 Å². The maximum atomic E-state index is 5.73. The van der Waals surface area contributed by atoms with E-state index in [0.29, 0.717) is 6.61 Å². The van der Waals surface area contributed by atoms with E-state index in [1.807, 2.05) is 30.3 Å². The van der Waals surface area contributed by atoms with Crippen LogP contribution in [0.15, 0.2) is 48.5 Å². The molecule has 2 N–H and O–H groups in total. The average molecular weight is 227 g/mol. The van der Waals surface area contributed by atoms with Crippen molar-refractivity contribution in [2.75, 3.05) is 5.73 Å². The van der Waals surface area contributed by atoms with Crippen molar-refractivity contribution in [2.45, 2.75) is 20.0 Å². The fraction of sp³-hybridized carbons (Fsp3) is 0.200. The van der Waals surface area contributed by atoms with Gasteiger partial charge in [-0.25, -0.2) is 0 Å². The summed E-state index contributed by atoms with van der Waals surface area (Å²) in [5.74, 6) is 0.852. The normalized spacial score (nSPS) is 10.2. The average Bonchev–Trinajstić information content (AvgIpc) is 2.38. The van der Waals surface area contributed by atoms with Gasteiger partial charge in [0, 0.05) is 5.69 Å². The number of benzene rings is 2. The summed E-state index contributed by atoms with van der Waals surface area (Å²) in [7, 11) is 0. The number of hydrogen-bond acceptors (Lipinski definition) is 2. The van der Waals surface area contributed by atoms with Gasteiger partial charge >= 0.3 is 0 Å². The molecule has 0 aliphatic rings. The maximum absolute atomic E-state index is 5.73. The third kappa shape index (κ3) is 3.00. The molecular weight excluding hydrogens is 210 g/mol. The number of rotatable bonds is 4. The van der Waals surface area contributed by atoms with Gasteiger partial charge < -0.3 is 10.5 Å². The number of ether oxygens (including phenoxy) is 1. The first-order chi connectivity index (χ1) is 8.29. The van der Waals surface area contributed by atoms with Crippen LogP contribution in [0.4, 0.5) is 5.69 Å². The van der Waals surface area contributed by atoms with Gasteiger partial charge in [-0.05, 0) is 41.8 Å². The van der Waals surface area contributed by atoms with Crippen LogP contribution in [-0.4, -0.2) is 0 Å². The van der Waals surface area contributed by atoms with Crippen LogP contribution in [0.25, 0.3) is 0 Å². The summed E-state index contributed by atoms with van der Waals surface area (Å²) in [6.07, 6.45) is 1.03. The van der Waals surface area contributed by atoms with Gasteiger partial charge in [0.2, 0.25) is 0 Å². The van der Waals surface area contributed by atoms with Crippen molar-refractivity contribution >= 4 is 5.69 Å². The highest BCUT2D eigenvalue weighted by Crippen LogP contribution is 2.16. The largest absolute Gasteiger partial charge is 0.489 e. The summed E-state index contributed by atoms with van der Waals surface area (Å²) in [6, 6.07) is 15.8. The van der Waals surface area contributed by atoms with Crippen LogP contribution < -0.4 is 10.5 Å². The van der Waals surface area contributed by atoms with Crippen molar-refractivity contribution in [3.05, 3.63) is 59.7 Å². The van der Waals surface area contributed by atoms with Crippen LogP contribution in [-0.2, 0) is 13.0 Å². The van der Waals surface area contributed by atoms with Crippen LogP contribution in [0.2, 0.25) is 0 Å². The van der Waals surface area contributed by atoms with Crippen molar-refractivity contribution in [2.24, 2.45) is 0 Å². The SMILES string of the molecule is CCc1ccccc1COc1ccc(N)cc1. The number of nitrogens with two attached hydrogens (primary N) is 1. The zero-order valence-electron chi connectivity index (χ0n) is 10.0. The van der Waals surface area contributed by atoms with E-state index in [2.05, 4.69) is 25.1 Å². The highest BCUT2D eigenvalue weighted by atomic mass is 16.5. The van der Waals surface area contributed by atoms with Crippen LogP contribution in [0.5, 0.6) is 5.75 Å². The second kappa shape index (κ2) is 5.39. The highest BCUT2D eigenvalue weighted by Gasteiger charge is 2.00. The lowest BCUT2D eigenvalue weighted by Gasteiger charge is -2.09. The van der Waals surface area contributed by atoms with E-state index in [9.17, 15) is 0 Å². The van der Waals surface area contributed by atoms with E-state index >= 15 is 0 Å². The first-order valence-electron chi connectivity index (χ1n) is 5.84. The molecule has 0 fully saturated rings. The van der Waals surface area contributed by atoms with Gasteiger partial charge in [-0.3, -0.25) is 0 Å². The van der Waals surface area contributed by atoms with Crippen LogP contribution in [0.1, 0.15) is 18.1 Å². The molecule has 2 heteroatoms. The maximum Gasteiger partial charge on any atom is 0.119 e. The van der Waals surface area contributed by atoms with E-state index in [-0.39, 0.29) is 0 Å². The Morgan fingerprint density at radius 2 is 1.59 bits per heavy atom. The summed E-state index contributed by atoms with van der Waals surface area (Å²) in [5, 5.41) is 0. The molecule has 0 bridgehead atoms. The fourth-order valence-corrected chi connectivity index (χ4v) is 1.77. The molecule has 0 saturated heterocycles. The fourth-order valence-electron chi connectivity index (χ4n) is 1.77. The topological polar surface area (TPSA) is 35.2 Å². The quantitative estimate of drug-likeness (QED) is 0.812. The number of nitrogen functional groups attached to an aromatic ring is 1. The molecule has 0 atom stereocenters. The Kier molecular flexibility index (Phi) is 3.66. The molecule has 2 aromatic carbocycles. The molecule has 2 rings (SSSR count). The molecule has 0 heterocycles.